The smallest absolute Gasteiger partial charge is 0.534 e. The molecule has 0 radical (unpaired) electrons. The average Bonchev–Trinajstić information content (AvgIpc) is 3.52. The normalized spacial score (nSPS) is 17.7. The van der Waals surface area contributed by atoms with E-state index in [1.165, 1.54) is 28.0 Å². The number of carboxylic acid groups (broad SMARTS) is 1. The number of carbonyl (C=O) groups excluding carboxylic acids is 4. The van der Waals surface area contributed by atoms with Crippen LogP contribution in [-0.4, -0.2) is 121 Å². The van der Waals surface area contributed by atoms with Gasteiger partial charge in [-0.2, -0.15) is 0 Å². The number of phenols is 4. The molecule has 2 atom stereocenters. The number of amides is 7. The zero-order chi connectivity index (χ0) is 39.9. The van der Waals surface area contributed by atoms with E-state index in [1.807, 2.05) is 0 Å². The van der Waals surface area contributed by atoms with Gasteiger partial charge >= 0.3 is 31.2 Å². The minimum atomic E-state index is -1.98. The maximum Gasteiger partial charge on any atom is 0.547 e. The van der Waals surface area contributed by atoms with Crippen LogP contribution in [-0.2, 0) is 11.2 Å². The Morgan fingerprint density at radius 2 is 1.58 bits per heavy atom. The molecule has 2 saturated heterocycles. The van der Waals surface area contributed by atoms with Gasteiger partial charge in [0.1, 0.15) is 34.7 Å². The lowest BCUT2D eigenvalue weighted by Gasteiger charge is -2.36. The molecule has 3 aromatic carbocycles. The number of phenolic OH excluding ortho intramolecular Hbond substituents is 4. The lowest BCUT2D eigenvalue weighted by atomic mass is 9.72. The van der Waals surface area contributed by atoms with Gasteiger partial charge < -0.3 is 61.0 Å². The molecule has 0 aliphatic carbocycles. The summed E-state index contributed by atoms with van der Waals surface area (Å²) in [5.41, 5.74) is -1.15. The van der Waals surface area contributed by atoms with E-state index in [1.54, 1.807) is 0 Å². The number of carboxylic acids is 1. The first-order valence-electron chi connectivity index (χ1n) is 16.6. The minimum absolute atomic E-state index is 0.0713. The van der Waals surface area contributed by atoms with Crippen molar-refractivity contribution in [1.29, 1.82) is 0 Å². The molecule has 0 aromatic heterocycles. The molecule has 6 rings (SSSR count). The molecule has 7 amide bonds. The van der Waals surface area contributed by atoms with Crippen molar-refractivity contribution in [2.75, 3.05) is 31.5 Å². The van der Waals surface area contributed by atoms with E-state index in [0.717, 1.165) is 17.0 Å². The fourth-order valence-electron chi connectivity index (χ4n) is 6.68. The summed E-state index contributed by atoms with van der Waals surface area (Å²) >= 11 is 6.18. The van der Waals surface area contributed by atoms with Crippen LogP contribution in [0.2, 0.25) is 5.02 Å². The van der Waals surface area contributed by atoms with Crippen LogP contribution < -0.4 is 20.6 Å². The van der Waals surface area contributed by atoms with Crippen LogP contribution in [0.15, 0.2) is 36.4 Å². The predicted octanol–water partition coefficient (Wildman–Crippen LogP) is 2.46. The number of aromatic hydroxyl groups is 4. The number of urea groups is 3. The van der Waals surface area contributed by atoms with Gasteiger partial charge in [-0.05, 0) is 37.0 Å². The maximum absolute atomic E-state index is 14.7. The molecule has 22 heteroatoms. The fraction of sp³-hybridized carbons (Fsp3) is 0.303. The first-order valence-corrected chi connectivity index (χ1v) is 17.0. The monoisotopic (exact) mass is 788 g/mol. The number of fused-ring (bicyclic) bond motifs is 1. The lowest BCUT2D eigenvalue weighted by Crippen LogP contribution is -2.56. The number of benzene rings is 3. The van der Waals surface area contributed by atoms with Crippen molar-refractivity contribution in [2.45, 2.75) is 37.3 Å². The molecule has 0 spiro atoms. The average molecular weight is 789 g/mol. The highest BCUT2D eigenvalue weighted by Gasteiger charge is 2.43. The minimum Gasteiger partial charge on any atom is -0.534 e. The summed E-state index contributed by atoms with van der Waals surface area (Å²) in [7, 11) is -1.94. The second-order valence-corrected chi connectivity index (χ2v) is 13.3. The van der Waals surface area contributed by atoms with E-state index in [0.29, 0.717) is 18.9 Å². The number of likely N-dealkylation sites (tertiary alicyclic amines) is 1. The van der Waals surface area contributed by atoms with Crippen molar-refractivity contribution in [3.05, 3.63) is 69.7 Å². The van der Waals surface area contributed by atoms with Crippen molar-refractivity contribution in [1.82, 2.24) is 25.3 Å². The third-order valence-electron chi connectivity index (χ3n) is 9.42. The highest BCUT2D eigenvalue weighted by Crippen LogP contribution is 2.41. The highest BCUT2D eigenvalue weighted by molar-refractivity contribution is 6.47. The van der Waals surface area contributed by atoms with Crippen molar-refractivity contribution in [3.63, 3.8) is 0 Å². The summed E-state index contributed by atoms with van der Waals surface area (Å²) in [5, 5.41) is 66.1. The van der Waals surface area contributed by atoms with Gasteiger partial charge in [-0.15, -0.1) is 0 Å². The molecular weight excluding hydrogens is 757 g/mol. The Labute approximate surface area is 314 Å². The van der Waals surface area contributed by atoms with Crippen LogP contribution in [0.5, 0.6) is 28.7 Å². The topological polar surface area (TPSA) is 262 Å². The molecule has 3 aliphatic rings. The number of hydrogen-bond acceptors (Lipinski definition) is 11. The van der Waals surface area contributed by atoms with Crippen LogP contribution in [0, 0.1) is 11.6 Å². The van der Waals surface area contributed by atoms with E-state index < -0.39 is 100 Å². The van der Waals surface area contributed by atoms with Crippen molar-refractivity contribution in [3.8, 4) is 28.7 Å². The molecule has 0 bridgehead atoms. The Kier molecular flexibility index (Phi) is 10.7. The van der Waals surface area contributed by atoms with Crippen molar-refractivity contribution >= 4 is 54.4 Å². The standard InChI is InChI=1S/C33H32BClF2N6O12/c35-24-19(13-21(37)26(46)27(24)47)25(29(48)39-22-9-14-1-2-20(36)23(30(49)50)28(14)55-34(22)54)40-32(52)43-8-7-42(33(43)53)16-3-5-41(6-4-16)31(51)38-15-10-17(44)12-18(45)11-15/h1-2,10-13,16,22,25,44-47,54H,3-9H2,(H,38,51)(H,39,48)(H,40,52)(H,49,50)/t22-,25+/m0/s1. The molecule has 9 N–H and O–H groups in total. The number of halogens is 3. The van der Waals surface area contributed by atoms with Crippen molar-refractivity contribution in [2.24, 2.45) is 0 Å². The Hall–Kier alpha value is -6.22. The van der Waals surface area contributed by atoms with E-state index in [9.17, 15) is 63.3 Å². The Morgan fingerprint density at radius 1 is 0.909 bits per heavy atom. The maximum atomic E-state index is 14.7. The zero-order valence-electron chi connectivity index (χ0n) is 28.3. The van der Waals surface area contributed by atoms with Gasteiger partial charge in [0.05, 0.1) is 11.0 Å². The number of nitrogens with one attached hydrogen (secondary N) is 3. The number of hydrogen-bond donors (Lipinski definition) is 9. The highest BCUT2D eigenvalue weighted by atomic mass is 35.5. The summed E-state index contributed by atoms with van der Waals surface area (Å²) in [6.45, 7) is 0.337. The first-order chi connectivity index (χ1) is 26.0. The number of anilines is 1. The molecule has 3 aliphatic heterocycles. The molecule has 0 saturated carbocycles. The SMILES string of the molecule is O=C(O)c1c(F)ccc2c1OB(O)[C@@H](NC(=O)[C@H](NC(=O)N1CCN(C3CCN(C(=O)Nc4cc(O)cc(O)c4)CC3)C1=O)c1cc(F)c(O)c(O)c1Cl)C2. The molecule has 0 unspecified atom stereocenters. The molecule has 55 heavy (non-hydrogen) atoms. The van der Waals surface area contributed by atoms with Gasteiger partial charge in [0.15, 0.2) is 17.3 Å². The lowest BCUT2D eigenvalue weighted by molar-refractivity contribution is -0.123. The van der Waals surface area contributed by atoms with Crippen LogP contribution in [0.25, 0.3) is 0 Å². The first kappa shape index (κ1) is 38.5. The Bertz CT molecular complexity index is 2070. The number of imide groups is 1. The molecule has 3 aromatic rings. The molecular formula is C33H32BClF2N6O12. The van der Waals surface area contributed by atoms with Crippen LogP contribution in [0.4, 0.5) is 28.9 Å². The molecule has 290 valence electrons. The summed E-state index contributed by atoms with van der Waals surface area (Å²) in [6.07, 6.45) is 0.343. The van der Waals surface area contributed by atoms with Gasteiger partial charge in [0.2, 0.25) is 5.91 Å². The second kappa shape index (κ2) is 15.3. The van der Waals surface area contributed by atoms with Gasteiger partial charge in [0, 0.05) is 61.7 Å². The fourth-order valence-corrected chi connectivity index (χ4v) is 6.93. The largest absolute Gasteiger partial charge is 0.547 e. The summed E-state index contributed by atoms with van der Waals surface area (Å²) in [5.74, 6) is -10.1. The number of rotatable bonds is 7. The predicted molar refractivity (Wildman–Crippen MR) is 186 cm³/mol. The van der Waals surface area contributed by atoms with Gasteiger partial charge in [-0.1, -0.05) is 17.7 Å². The molecule has 18 nitrogen and oxygen atoms in total. The van der Waals surface area contributed by atoms with Crippen LogP contribution in [0.1, 0.15) is 40.4 Å². The number of nitrogens with zero attached hydrogens (tertiary/aromatic N) is 3. The molecule has 3 heterocycles. The number of piperidine rings is 1. The van der Waals surface area contributed by atoms with E-state index in [4.69, 9.17) is 16.3 Å². The quantitative estimate of drug-likeness (QED) is 0.124. The van der Waals surface area contributed by atoms with E-state index >= 15 is 0 Å². The van der Waals surface area contributed by atoms with Crippen LogP contribution >= 0.6 is 11.6 Å². The third kappa shape index (κ3) is 7.74. The zero-order valence-corrected chi connectivity index (χ0v) is 29.1. The van der Waals surface area contributed by atoms with E-state index in [-0.39, 0.29) is 55.3 Å². The second-order valence-electron chi connectivity index (χ2n) is 12.9. The Balaban J connectivity index is 1.15. The van der Waals surface area contributed by atoms with Crippen molar-refractivity contribution < 1.29 is 68.0 Å². The third-order valence-corrected chi connectivity index (χ3v) is 9.82. The number of aromatic carboxylic acids is 1. The number of carbonyl (C=O) groups is 5. The summed E-state index contributed by atoms with van der Waals surface area (Å²) < 4.78 is 34.2. The summed E-state index contributed by atoms with van der Waals surface area (Å²) in [4.78, 5) is 69.0. The molecule has 2 fully saturated rings. The van der Waals surface area contributed by atoms with E-state index in [2.05, 4.69) is 16.0 Å². The summed E-state index contributed by atoms with van der Waals surface area (Å²) in [6, 6.07) is 1.43. The van der Waals surface area contributed by atoms with Gasteiger partial charge in [-0.25, -0.2) is 32.9 Å². The van der Waals surface area contributed by atoms with Gasteiger partial charge in [-0.3, -0.25) is 4.79 Å². The Morgan fingerprint density at radius 3 is 2.24 bits per heavy atom. The van der Waals surface area contributed by atoms with Crippen LogP contribution in [0.3, 0.4) is 0 Å². The van der Waals surface area contributed by atoms with Gasteiger partial charge in [0.25, 0.3) is 0 Å².